The van der Waals surface area contributed by atoms with Crippen molar-refractivity contribution >= 4 is 5.97 Å². The van der Waals surface area contributed by atoms with E-state index >= 15 is 0 Å². The molecule has 0 heterocycles. The lowest BCUT2D eigenvalue weighted by atomic mass is 9.73. The molecule has 0 aromatic heterocycles. The monoisotopic (exact) mass is 262 g/mol. The normalized spacial score (nSPS) is 14.8. The first-order chi connectivity index (χ1) is 8.77. The molecule has 19 heavy (non-hydrogen) atoms. The van der Waals surface area contributed by atoms with E-state index in [1.165, 1.54) is 0 Å². The van der Waals surface area contributed by atoms with Gasteiger partial charge in [0, 0.05) is 0 Å². The first kappa shape index (κ1) is 15.7. The quantitative estimate of drug-likeness (QED) is 0.726. The van der Waals surface area contributed by atoms with Crippen molar-refractivity contribution in [2.24, 2.45) is 10.8 Å². The van der Waals surface area contributed by atoms with Crippen LogP contribution in [0.15, 0.2) is 30.3 Å². The zero-order valence-electron chi connectivity index (χ0n) is 12.8. The molecule has 0 saturated heterocycles. The molecule has 0 aliphatic heterocycles. The van der Waals surface area contributed by atoms with Crippen molar-refractivity contribution in [2.75, 3.05) is 0 Å². The molecular formula is C17H26O2. The Balaban J connectivity index is 2.64. The summed E-state index contributed by atoms with van der Waals surface area (Å²) < 4.78 is 5.49. The summed E-state index contributed by atoms with van der Waals surface area (Å²) in [5.41, 5.74) is 0.758. The van der Waals surface area contributed by atoms with Crippen LogP contribution in [0.2, 0.25) is 0 Å². The number of carbonyl (C=O) groups excluding carboxylic acids is 1. The summed E-state index contributed by atoms with van der Waals surface area (Å²) in [4.78, 5) is 12.3. The van der Waals surface area contributed by atoms with E-state index in [0.717, 1.165) is 18.4 Å². The Hall–Kier alpha value is -1.31. The Morgan fingerprint density at radius 3 is 2.16 bits per heavy atom. The lowest BCUT2D eigenvalue weighted by Crippen LogP contribution is -2.33. The summed E-state index contributed by atoms with van der Waals surface area (Å²) in [5.74, 6) is -0.0891. The maximum atomic E-state index is 12.3. The highest BCUT2D eigenvalue weighted by molar-refractivity contribution is 5.76. The number of carbonyl (C=O) groups is 1. The molecule has 0 aliphatic carbocycles. The fraction of sp³-hybridized carbons (Fsp3) is 0.588. The van der Waals surface area contributed by atoms with Crippen molar-refractivity contribution in [1.82, 2.24) is 0 Å². The number of hydrogen-bond donors (Lipinski definition) is 0. The summed E-state index contributed by atoms with van der Waals surface area (Å²) in [6.45, 7) is 10.9. The first-order valence-corrected chi connectivity index (χ1v) is 6.98. The van der Waals surface area contributed by atoms with Crippen LogP contribution in [0.5, 0.6) is 0 Å². The molecule has 0 saturated carbocycles. The van der Waals surface area contributed by atoms with Gasteiger partial charge in [0.25, 0.3) is 0 Å². The molecule has 2 nitrogen and oxygen atoms in total. The lowest BCUT2D eigenvalue weighted by Gasteiger charge is -2.32. The molecule has 0 aliphatic rings. The van der Waals surface area contributed by atoms with Crippen molar-refractivity contribution in [1.29, 1.82) is 0 Å². The van der Waals surface area contributed by atoms with E-state index in [1.54, 1.807) is 0 Å². The van der Waals surface area contributed by atoms with Crippen molar-refractivity contribution in [3.8, 4) is 0 Å². The molecule has 1 aromatic rings. The number of benzene rings is 1. The second-order valence-electron chi connectivity index (χ2n) is 6.71. The topological polar surface area (TPSA) is 26.3 Å². The minimum atomic E-state index is -0.396. The Kier molecular flexibility index (Phi) is 5.16. The summed E-state index contributed by atoms with van der Waals surface area (Å²) in [6, 6.07) is 9.82. The van der Waals surface area contributed by atoms with Crippen LogP contribution in [0.25, 0.3) is 0 Å². The van der Waals surface area contributed by atoms with Crippen molar-refractivity contribution in [3.63, 3.8) is 0 Å². The van der Waals surface area contributed by atoms with Crippen LogP contribution in [0, 0.1) is 10.8 Å². The van der Waals surface area contributed by atoms with Gasteiger partial charge in [-0.05, 0) is 30.7 Å². The van der Waals surface area contributed by atoms with E-state index in [1.807, 2.05) is 37.3 Å². The predicted octanol–water partition coefficient (Wildman–Crippen LogP) is 4.58. The SMILES string of the molecule is CCC(C)(CC(C)(C)C)C(=O)OCc1ccccc1. The van der Waals surface area contributed by atoms with Gasteiger partial charge >= 0.3 is 5.97 Å². The van der Waals surface area contributed by atoms with E-state index in [2.05, 4.69) is 27.7 Å². The Morgan fingerprint density at radius 1 is 1.11 bits per heavy atom. The minimum Gasteiger partial charge on any atom is -0.460 e. The third kappa shape index (κ3) is 5.06. The Labute approximate surface area is 117 Å². The molecule has 0 spiro atoms. The van der Waals surface area contributed by atoms with Crippen LogP contribution in [-0.4, -0.2) is 5.97 Å². The van der Waals surface area contributed by atoms with Crippen LogP contribution in [0.3, 0.4) is 0 Å². The van der Waals surface area contributed by atoms with Gasteiger partial charge in [0.05, 0.1) is 5.41 Å². The van der Waals surface area contributed by atoms with Gasteiger partial charge in [-0.25, -0.2) is 0 Å². The molecule has 0 bridgehead atoms. The molecule has 106 valence electrons. The lowest BCUT2D eigenvalue weighted by molar-refractivity contribution is -0.158. The highest BCUT2D eigenvalue weighted by Gasteiger charge is 2.36. The van der Waals surface area contributed by atoms with Crippen LogP contribution >= 0.6 is 0 Å². The van der Waals surface area contributed by atoms with E-state index in [-0.39, 0.29) is 11.4 Å². The highest BCUT2D eigenvalue weighted by Crippen LogP contribution is 2.37. The summed E-state index contributed by atoms with van der Waals surface area (Å²) in [6.07, 6.45) is 1.64. The van der Waals surface area contributed by atoms with Crippen molar-refractivity contribution in [2.45, 2.75) is 54.1 Å². The maximum absolute atomic E-state index is 12.3. The highest BCUT2D eigenvalue weighted by atomic mass is 16.5. The smallest absolute Gasteiger partial charge is 0.312 e. The third-order valence-corrected chi connectivity index (χ3v) is 3.41. The average molecular weight is 262 g/mol. The average Bonchev–Trinajstić information content (AvgIpc) is 2.35. The molecule has 2 heteroatoms. The largest absolute Gasteiger partial charge is 0.460 e. The molecule has 1 rings (SSSR count). The molecule has 0 radical (unpaired) electrons. The van der Waals surface area contributed by atoms with E-state index in [9.17, 15) is 4.79 Å². The molecule has 0 fully saturated rings. The van der Waals surface area contributed by atoms with Gasteiger partial charge in [0.2, 0.25) is 0 Å². The van der Waals surface area contributed by atoms with Gasteiger partial charge in [-0.15, -0.1) is 0 Å². The standard InChI is InChI=1S/C17H26O2/c1-6-17(5,13-16(2,3)4)15(18)19-12-14-10-8-7-9-11-14/h7-11H,6,12-13H2,1-5H3. The van der Waals surface area contributed by atoms with Crippen LogP contribution < -0.4 is 0 Å². The van der Waals surface area contributed by atoms with Gasteiger partial charge in [0.1, 0.15) is 6.61 Å². The number of esters is 1. The fourth-order valence-electron chi connectivity index (χ4n) is 2.41. The number of ether oxygens (including phenoxy) is 1. The number of hydrogen-bond acceptors (Lipinski definition) is 2. The zero-order chi connectivity index (χ0) is 14.5. The van der Waals surface area contributed by atoms with Crippen molar-refractivity contribution < 1.29 is 9.53 Å². The summed E-state index contributed by atoms with van der Waals surface area (Å²) in [5, 5.41) is 0. The first-order valence-electron chi connectivity index (χ1n) is 6.98. The Bertz CT molecular complexity index is 403. The van der Waals surface area contributed by atoms with Gasteiger partial charge in [0.15, 0.2) is 0 Å². The fourth-order valence-corrected chi connectivity index (χ4v) is 2.41. The van der Waals surface area contributed by atoms with Crippen LogP contribution in [0.1, 0.15) is 53.0 Å². The van der Waals surface area contributed by atoms with Crippen LogP contribution in [0.4, 0.5) is 0 Å². The maximum Gasteiger partial charge on any atom is 0.312 e. The predicted molar refractivity (Wildman–Crippen MR) is 78.7 cm³/mol. The molecule has 0 N–H and O–H groups in total. The molecule has 1 unspecified atom stereocenters. The second-order valence-corrected chi connectivity index (χ2v) is 6.71. The molecule has 1 atom stereocenters. The number of rotatable bonds is 5. The molecular weight excluding hydrogens is 236 g/mol. The summed E-state index contributed by atoms with van der Waals surface area (Å²) >= 11 is 0. The zero-order valence-corrected chi connectivity index (χ0v) is 12.8. The Morgan fingerprint density at radius 2 is 1.68 bits per heavy atom. The third-order valence-electron chi connectivity index (χ3n) is 3.41. The van der Waals surface area contributed by atoms with Crippen molar-refractivity contribution in [3.05, 3.63) is 35.9 Å². The summed E-state index contributed by atoms with van der Waals surface area (Å²) in [7, 11) is 0. The van der Waals surface area contributed by atoms with Gasteiger partial charge < -0.3 is 4.74 Å². The van der Waals surface area contributed by atoms with E-state index in [4.69, 9.17) is 4.74 Å². The second kappa shape index (κ2) is 6.23. The molecule has 0 amide bonds. The van der Waals surface area contributed by atoms with Gasteiger partial charge in [-0.2, -0.15) is 0 Å². The van der Waals surface area contributed by atoms with Crippen LogP contribution in [-0.2, 0) is 16.1 Å². The van der Waals surface area contributed by atoms with E-state index < -0.39 is 5.41 Å². The minimum absolute atomic E-state index is 0.0891. The van der Waals surface area contributed by atoms with E-state index in [0.29, 0.717) is 6.61 Å². The molecule has 1 aromatic carbocycles. The van der Waals surface area contributed by atoms with Gasteiger partial charge in [-0.1, -0.05) is 58.0 Å². The van der Waals surface area contributed by atoms with Gasteiger partial charge in [-0.3, -0.25) is 4.79 Å².